The van der Waals surface area contributed by atoms with Crippen LogP contribution in [0.4, 0.5) is 0 Å². The zero-order chi connectivity index (χ0) is 22.3. The van der Waals surface area contributed by atoms with Gasteiger partial charge in [-0.25, -0.2) is 0 Å². The van der Waals surface area contributed by atoms with Gasteiger partial charge in [0.05, 0.1) is 32.8 Å². The van der Waals surface area contributed by atoms with Crippen molar-refractivity contribution in [3.63, 3.8) is 0 Å². The normalized spacial score (nSPS) is 18.4. The number of esters is 1. The average Bonchev–Trinajstić information content (AvgIpc) is 3.12. The molecule has 0 amide bonds. The van der Waals surface area contributed by atoms with Gasteiger partial charge < -0.3 is 23.7 Å². The van der Waals surface area contributed by atoms with Crippen LogP contribution in [0, 0.1) is 5.92 Å². The van der Waals surface area contributed by atoms with Gasteiger partial charge in [0.1, 0.15) is 6.61 Å². The van der Waals surface area contributed by atoms with Crippen LogP contribution in [0.2, 0.25) is 0 Å². The van der Waals surface area contributed by atoms with E-state index < -0.39 is 5.79 Å². The summed E-state index contributed by atoms with van der Waals surface area (Å²) in [7, 11) is 1.63. The Labute approximate surface area is 184 Å². The zero-order valence-electron chi connectivity index (χ0n) is 18.8. The van der Waals surface area contributed by atoms with E-state index in [0.29, 0.717) is 37.7 Å². The number of benzene rings is 2. The molecule has 0 bridgehead atoms. The molecule has 0 spiro atoms. The Balaban J connectivity index is 1.71. The van der Waals surface area contributed by atoms with E-state index in [-0.39, 0.29) is 24.4 Å². The van der Waals surface area contributed by atoms with Crippen molar-refractivity contribution in [1.29, 1.82) is 0 Å². The first-order valence-electron chi connectivity index (χ1n) is 10.7. The Morgan fingerprint density at radius 3 is 2.55 bits per heavy atom. The monoisotopic (exact) mass is 428 g/mol. The lowest BCUT2D eigenvalue weighted by Crippen LogP contribution is -2.30. The molecule has 6 heteroatoms. The van der Waals surface area contributed by atoms with Gasteiger partial charge in [0.2, 0.25) is 0 Å². The Kier molecular flexibility index (Phi) is 7.93. The van der Waals surface area contributed by atoms with Crippen molar-refractivity contribution in [2.24, 2.45) is 5.92 Å². The van der Waals surface area contributed by atoms with Crippen molar-refractivity contribution in [3.8, 4) is 11.5 Å². The maximum Gasteiger partial charge on any atom is 0.306 e. The second-order valence-corrected chi connectivity index (χ2v) is 8.10. The van der Waals surface area contributed by atoms with Gasteiger partial charge in [-0.15, -0.1) is 0 Å². The molecule has 0 aromatic heterocycles. The van der Waals surface area contributed by atoms with E-state index in [0.717, 1.165) is 11.1 Å². The van der Waals surface area contributed by atoms with Crippen molar-refractivity contribution >= 4 is 5.97 Å². The highest BCUT2D eigenvalue weighted by atomic mass is 16.7. The second kappa shape index (κ2) is 10.6. The number of carbonyl (C=O) groups excluding carboxylic acids is 1. The third-order valence-electron chi connectivity index (χ3n) is 5.25. The molecule has 6 nitrogen and oxygen atoms in total. The number of ether oxygens (including phenoxy) is 5. The summed E-state index contributed by atoms with van der Waals surface area (Å²) in [6.45, 7) is 6.86. The zero-order valence-corrected chi connectivity index (χ0v) is 18.8. The predicted octanol–water partition coefficient (Wildman–Crippen LogP) is 4.54. The molecule has 0 aliphatic carbocycles. The van der Waals surface area contributed by atoms with Gasteiger partial charge in [0.15, 0.2) is 17.3 Å². The summed E-state index contributed by atoms with van der Waals surface area (Å²) < 4.78 is 28.5. The van der Waals surface area contributed by atoms with Gasteiger partial charge in [-0.3, -0.25) is 4.79 Å². The van der Waals surface area contributed by atoms with E-state index in [1.807, 2.05) is 69.3 Å². The van der Waals surface area contributed by atoms with Crippen molar-refractivity contribution in [2.45, 2.75) is 52.1 Å². The lowest BCUT2D eigenvalue weighted by Gasteiger charge is -2.24. The van der Waals surface area contributed by atoms with E-state index in [9.17, 15) is 4.79 Å². The van der Waals surface area contributed by atoms with Crippen molar-refractivity contribution < 1.29 is 28.5 Å². The first-order chi connectivity index (χ1) is 14.9. The maximum atomic E-state index is 12.2. The van der Waals surface area contributed by atoms with E-state index in [2.05, 4.69) is 0 Å². The number of methoxy groups -OCH3 is 1. The Morgan fingerprint density at radius 2 is 1.90 bits per heavy atom. The number of carbonyl (C=O) groups is 1. The number of hydrogen-bond acceptors (Lipinski definition) is 6. The molecule has 1 aliphatic heterocycles. The molecule has 0 radical (unpaired) electrons. The highest BCUT2D eigenvalue weighted by Gasteiger charge is 2.38. The summed E-state index contributed by atoms with van der Waals surface area (Å²) in [5.41, 5.74) is 2.12. The molecule has 0 N–H and O–H groups in total. The first-order valence-corrected chi connectivity index (χ1v) is 10.7. The number of hydrogen-bond donors (Lipinski definition) is 0. The Hall–Kier alpha value is -2.57. The summed E-state index contributed by atoms with van der Waals surface area (Å²) in [4.78, 5) is 12.2. The minimum absolute atomic E-state index is 0.0679. The standard InChI is InChI=1S/C25H32O6/c1-5-28-24(26)15-20(23-17-30-25(2,3)31-23)13-19-11-12-21(22(14-19)27-4)29-16-18-9-7-6-8-10-18/h6-12,14,20,23H,5,13,15-17H2,1-4H3/t20-,23-/m1/s1. The van der Waals surface area contributed by atoms with E-state index in [4.69, 9.17) is 23.7 Å². The SMILES string of the molecule is CCOC(=O)C[C@@H](Cc1ccc(OCc2ccccc2)c(OC)c1)[C@H]1COC(C)(C)O1. The first kappa shape index (κ1) is 23.1. The molecule has 2 atom stereocenters. The van der Waals surface area contributed by atoms with E-state index >= 15 is 0 Å². The second-order valence-electron chi connectivity index (χ2n) is 8.10. The molecule has 1 heterocycles. The summed E-state index contributed by atoms with van der Waals surface area (Å²) in [6.07, 6.45) is 0.726. The van der Waals surface area contributed by atoms with Crippen LogP contribution in [-0.4, -0.2) is 38.2 Å². The van der Waals surface area contributed by atoms with Gasteiger partial charge in [0.25, 0.3) is 0 Å². The lowest BCUT2D eigenvalue weighted by atomic mass is 9.91. The predicted molar refractivity (Wildman–Crippen MR) is 117 cm³/mol. The van der Waals surface area contributed by atoms with Gasteiger partial charge in [-0.1, -0.05) is 36.4 Å². The quantitative estimate of drug-likeness (QED) is 0.518. The Bertz CT molecular complexity index is 848. The van der Waals surface area contributed by atoms with Crippen LogP contribution in [-0.2, 0) is 32.0 Å². The molecular weight excluding hydrogens is 396 g/mol. The fraction of sp³-hybridized carbons (Fsp3) is 0.480. The smallest absolute Gasteiger partial charge is 0.306 e. The molecular formula is C25H32O6. The van der Waals surface area contributed by atoms with Crippen LogP contribution in [0.15, 0.2) is 48.5 Å². The lowest BCUT2D eigenvalue weighted by molar-refractivity contribution is -0.153. The molecule has 3 rings (SSSR count). The summed E-state index contributed by atoms with van der Waals surface area (Å²) in [6, 6.07) is 15.9. The highest BCUT2D eigenvalue weighted by Crippen LogP contribution is 2.33. The average molecular weight is 429 g/mol. The van der Waals surface area contributed by atoms with Crippen LogP contribution in [0.5, 0.6) is 11.5 Å². The van der Waals surface area contributed by atoms with Crippen molar-refractivity contribution in [2.75, 3.05) is 20.3 Å². The highest BCUT2D eigenvalue weighted by molar-refractivity contribution is 5.69. The molecule has 1 saturated heterocycles. The van der Waals surface area contributed by atoms with Crippen LogP contribution in [0.3, 0.4) is 0 Å². The molecule has 31 heavy (non-hydrogen) atoms. The minimum Gasteiger partial charge on any atom is -0.493 e. The van der Waals surface area contributed by atoms with E-state index in [1.165, 1.54) is 0 Å². The Morgan fingerprint density at radius 1 is 1.13 bits per heavy atom. The molecule has 0 unspecified atom stereocenters. The van der Waals surface area contributed by atoms with Crippen molar-refractivity contribution in [1.82, 2.24) is 0 Å². The van der Waals surface area contributed by atoms with Crippen LogP contribution in [0.25, 0.3) is 0 Å². The fourth-order valence-corrected chi connectivity index (χ4v) is 3.71. The largest absolute Gasteiger partial charge is 0.493 e. The molecule has 1 aliphatic rings. The summed E-state index contributed by atoms with van der Waals surface area (Å²) >= 11 is 0. The summed E-state index contributed by atoms with van der Waals surface area (Å²) in [5.74, 6) is 0.396. The van der Waals surface area contributed by atoms with Crippen LogP contribution >= 0.6 is 0 Å². The molecule has 2 aromatic carbocycles. The third-order valence-corrected chi connectivity index (χ3v) is 5.25. The maximum absolute atomic E-state index is 12.2. The van der Waals surface area contributed by atoms with Gasteiger partial charge in [-0.05, 0) is 50.5 Å². The van der Waals surface area contributed by atoms with E-state index in [1.54, 1.807) is 7.11 Å². The van der Waals surface area contributed by atoms with Gasteiger partial charge in [-0.2, -0.15) is 0 Å². The third kappa shape index (κ3) is 6.71. The molecule has 0 saturated carbocycles. The summed E-state index contributed by atoms with van der Waals surface area (Å²) in [5, 5.41) is 0. The minimum atomic E-state index is -0.648. The fourth-order valence-electron chi connectivity index (χ4n) is 3.71. The topological polar surface area (TPSA) is 63.2 Å². The molecule has 1 fully saturated rings. The van der Waals surface area contributed by atoms with Gasteiger partial charge in [0, 0.05) is 5.92 Å². The van der Waals surface area contributed by atoms with Crippen LogP contribution in [0.1, 0.15) is 38.3 Å². The molecule has 168 valence electrons. The van der Waals surface area contributed by atoms with Crippen molar-refractivity contribution in [3.05, 3.63) is 59.7 Å². The van der Waals surface area contributed by atoms with Gasteiger partial charge >= 0.3 is 5.97 Å². The number of rotatable bonds is 10. The molecule has 2 aromatic rings. The van der Waals surface area contributed by atoms with Crippen LogP contribution < -0.4 is 9.47 Å².